The lowest BCUT2D eigenvalue weighted by molar-refractivity contribution is -0.137. The van der Waals surface area contributed by atoms with E-state index in [9.17, 15) is 18.0 Å². The lowest BCUT2D eigenvalue weighted by Crippen LogP contribution is -2.26. The lowest BCUT2D eigenvalue weighted by Gasteiger charge is -2.24. The average molecular weight is 361 g/mol. The second-order valence-corrected chi connectivity index (χ2v) is 6.25. The van der Waals surface area contributed by atoms with Gasteiger partial charge in [0.2, 0.25) is 0 Å². The number of aromatic nitrogens is 2. The fourth-order valence-corrected chi connectivity index (χ4v) is 2.74. The molecule has 0 aliphatic rings. The summed E-state index contributed by atoms with van der Waals surface area (Å²) < 4.78 is 37.9. The summed E-state index contributed by atoms with van der Waals surface area (Å²) in [4.78, 5) is 21.4. The maximum Gasteiger partial charge on any atom is 0.416 e. The molecule has 26 heavy (non-hydrogen) atoms. The molecule has 0 aliphatic carbocycles. The van der Waals surface area contributed by atoms with Crippen molar-refractivity contribution in [2.45, 2.75) is 25.7 Å². The lowest BCUT2D eigenvalue weighted by atomic mass is 10.1. The summed E-state index contributed by atoms with van der Waals surface area (Å²) >= 11 is 0. The summed E-state index contributed by atoms with van der Waals surface area (Å²) in [5, 5.41) is 0.522. The van der Waals surface area contributed by atoms with E-state index in [1.54, 1.807) is 18.2 Å². The van der Waals surface area contributed by atoms with Crippen molar-refractivity contribution in [2.75, 3.05) is 7.05 Å². The van der Waals surface area contributed by atoms with Gasteiger partial charge < -0.3 is 4.98 Å². The Morgan fingerprint density at radius 1 is 1.12 bits per heavy atom. The fraction of sp³-hybridized carbons (Fsp3) is 0.263. The molecule has 4 nitrogen and oxygen atoms in total. The van der Waals surface area contributed by atoms with Crippen LogP contribution in [-0.2, 0) is 12.7 Å². The molecule has 0 saturated carbocycles. The first kappa shape index (κ1) is 18.1. The minimum atomic E-state index is -4.34. The Kier molecular flexibility index (Phi) is 4.82. The number of rotatable bonds is 4. The van der Waals surface area contributed by atoms with Crippen LogP contribution in [0.4, 0.5) is 13.2 Å². The van der Waals surface area contributed by atoms with E-state index in [0.717, 1.165) is 17.7 Å². The second kappa shape index (κ2) is 6.92. The first-order valence-electron chi connectivity index (χ1n) is 8.11. The van der Waals surface area contributed by atoms with Gasteiger partial charge in [-0.2, -0.15) is 13.2 Å². The molecule has 0 amide bonds. The number of hydrogen-bond acceptors (Lipinski definition) is 3. The Morgan fingerprint density at radius 3 is 2.42 bits per heavy atom. The zero-order valence-electron chi connectivity index (χ0n) is 14.3. The van der Waals surface area contributed by atoms with Crippen molar-refractivity contribution in [1.29, 1.82) is 0 Å². The summed E-state index contributed by atoms with van der Waals surface area (Å²) in [6, 6.07) is 11.9. The van der Waals surface area contributed by atoms with Crippen molar-refractivity contribution in [3.8, 4) is 0 Å². The van der Waals surface area contributed by atoms with E-state index in [2.05, 4.69) is 9.97 Å². The molecule has 1 N–H and O–H groups in total. The summed E-state index contributed by atoms with van der Waals surface area (Å²) in [6.45, 7) is 2.31. The van der Waals surface area contributed by atoms with E-state index in [4.69, 9.17) is 0 Å². The highest BCUT2D eigenvalue weighted by molar-refractivity contribution is 5.77. The van der Waals surface area contributed by atoms with Gasteiger partial charge in [-0.25, -0.2) is 4.98 Å². The highest BCUT2D eigenvalue weighted by Crippen LogP contribution is 2.29. The maximum absolute atomic E-state index is 12.6. The van der Waals surface area contributed by atoms with Crippen LogP contribution < -0.4 is 5.56 Å². The Labute approximate surface area is 148 Å². The van der Waals surface area contributed by atoms with Crippen LogP contribution in [0.2, 0.25) is 0 Å². The number of nitrogens with one attached hydrogen (secondary N) is 1. The van der Waals surface area contributed by atoms with Gasteiger partial charge >= 0.3 is 6.18 Å². The zero-order valence-corrected chi connectivity index (χ0v) is 14.3. The third-order valence-electron chi connectivity index (χ3n) is 4.40. The van der Waals surface area contributed by atoms with Crippen molar-refractivity contribution in [3.05, 3.63) is 75.8 Å². The number of H-pyrrole nitrogens is 1. The van der Waals surface area contributed by atoms with Crippen LogP contribution >= 0.6 is 0 Å². The molecule has 3 rings (SSSR count). The predicted octanol–water partition coefficient (Wildman–Crippen LogP) is 4.13. The number of halogens is 3. The monoisotopic (exact) mass is 361 g/mol. The molecular formula is C19H18F3N3O. The molecule has 136 valence electrons. The van der Waals surface area contributed by atoms with E-state index in [1.807, 2.05) is 24.9 Å². The quantitative estimate of drug-likeness (QED) is 0.760. The molecule has 0 fully saturated rings. The van der Waals surface area contributed by atoms with Gasteiger partial charge in [-0.3, -0.25) is 9.69 Å². The molecule has 1 aromatic heterocycles. The highest BCUT2D eigenvalue weighted by Gasteiger charge is 2.30. The fourth-order valence-electron chi connectivity index (χ4n) is 2.74. The van der Waals surface area contributed by atoms with E-state index in [-0.39, 0.29) is 11.6 Å². The third kappa shape index (κ3) is 3.77. The highest BCUT2D eigenvalue weighted by atomic mass is 19.4. The molecule has 3 aromatic rings. The largest absolute Gasteiger partial charge is 0.416 e. The Hall–Kier alpha value is -2.67. The van der Waals surface area contributed by atoms with Gasteiger partial charge in [-0.05, 0) is 43.8 Å². The van der Waals surface area contributed by atoms with E-state index >= 15 is 0 Å². The summed E-state index contributed by atoms with van der Waals surface area (Å²) in [5.41, 5.74) is 0.481. The molecule has 2 aromatic carbocycles. The van der Waals surface area contributed by atoms with Crippen LogP contribution in [0, 0.1) is 0 Å². The van der Waals surface area contributed by atoms with Crippen LogP contribution in [0.3, 0.4) is 0 Å². The normalized spacial score (nSPS) is 13.3. The van der Waals surface area contributed by atoms with Crippen LogP contribution in [0.5, 0.6) is 0 Å². The number of fused-ring (bicyclic) bond motifs is 1. The molecule has 0 bridgehead atoms. The molecule has 0 saturated heterocycles. The van der Waals surface area contributed by atoms with Crippen LogP contribution in [0.25, 0.3) is 10.9 Å². The maximum atomic E-state index is 12.6. The Bertz CT molecular complexity index is 964. The summed E-state index contributed by atoms with van der Waals surface area (Å²) in [5.74, 6) is 0.517. The number of para-hydroxylation sites is 1. The van der Waals surface area contributed by atoms with Gasteiger partial charge in [0.1, 0.15) is 5.82 Å². The molecule has 1 atom stereocenters. The van der Waals surface area contributed by atoms with Crippen molar-refractivity contribution in [2.24, 2.45) is 0 Å². The number of alkyl halides is 3. The Morgan fingerprint density at radius 2 is 1.77 bits per heavy atom. The zero-order chi connectivity index (χ0) is 18.9. The van der Waals surface area contributed by atoms with Crippen molar-refractivity contribution in [3.63, 3.8) is 0 Å². The SMILES string of the molecule is C[C@@H](c1nc2ccccc2c(=O)[nH]1)N(C)Cc1ccc(C(F)(F)F)cc1. The molecule has 0 radical (unpaired) electrons. The van der Waals surface area contributed by atoms with E-state index in [0.29, 0.717) is 23.3 Å². The van der Waals surface area contributed by atoms with Crippen LogP contribution in [0.1, 0.15) is 29.9 Å². The van der Waals surface area contributed by atoms with E-state index in [1.165, 1.54) is 12.1 Å². The van der Waals surface area contributed by atoms with Crippen LogP contribution in [-0.4, -0.2) is 21.9 Å². The minimum absolute atomic E-state index is 0.208. The Balaban J connectivity index is 1.79. The van der Waals surface area contributed by atoms with Gasteiger partial charge in [0.15, 0.2) is 0 Å². The summed E-state index contributed by atoms with van der Waals surface area (Å²) in [6.07, 6.45) is -4.34. The van der Waals surface area contributed by atoms with Crippen molar-refractivity contribution < 1.29 is 13.2 Å². The van der Waals surface area contributed by atoms with E-state index < -0.39 is 11.7 Å². The molecule has 0 unspecified atom stereocenters. The van der Waals surface area contributed by atoms with Gasteiger partial charge in [0.25, 0.3) is 5.56 Å². The minimum Gasteiger partial charge on any atom is -0.309 e. The smallest absolute Gasteiger partial charge is 0.309 e. The second-order valence-electron chi connectivity index (χ2n) is 6.25. The molecule has 0 aliphatic heterocycles. The first-order chi connectivity index (χ1) is 12.3. The number of benzene rings is 2. The number of hydrogen-bond donors (Lipinski definition) is 1. The standard InChI is InChI=1S/C19H18F3N3O/c1-12(17-23-16-6-4-3-5-15(16)18(26)24-17)25(2)11-13-7-9-14(10-8-13)19(20,21)22/h3-10,12H,11H2,1-2H3,(H,23,24,26)/t12-/m0/s1. The number of nitrogens with zero attached hydrogens (tertiary/aromatic N) is 2. The average Bonchev–Trinajstić information content (AvgIpc) is 2.60. The predicted molar refractivity (Wildman–Crippen MR) is 93.7 cm³/mol. The topological polar surface area (TPSA) is 49.0 Å². The van der Waals surface area contributed by atoms with Crippen molar-refractivity contribution in [1.82, 2.24) is 14.9 Å². The molecular weight excluding hydrogens is 343 g/mol. The summed E-state index contributed by atoms with van der Waals surface area (Å²) in [7, 11) is 1.83. The first-order valence-corrected chi connectivity index (χ1v) is 8.11. The van der Waals surface area contributed by atoms with Crippen LogP contribution in [0.15, 0.2) is 53.3 Å². The third-order valence-corrected chi connectivity index (χ3v) is 4.40. The van der Waals surface area contributed by atoms with Gasteiger partial charge in [0, 0.05) is 6.54 Å². The molecule has 0 spiro atoms. The van der Waals surface area contributed by atoms with Gasteiger partial charge in [0.05, 0.1) is 22.5 Å². The number of aromatic amines is 1. The van der Waals surface area contributed by atoms with Gasteiger partial charge in [-0.15, -0.1) is 0 Å². The van der Waals surface area contributed by atoms with Gasteiger partial charge in [-0.1, -0.05) is 24.3 Å². The molecule has 7 heteroatoms. The molecule has 1 heterocycles. The van der Waals surface area contributed by atoms with Crippen molar-refractivity contribution >= 4 is 10.9 Å².